The quantitative estimate of drug-likeness (QED) is 0.724. The Kier molecular flexibility index (Phi) is 6.51. The lowest BCUT2D eigenvalue weighted by Gasteiger charge is -2.39. The predicted octanol–water partition coefficient (Wildman–Crippen LogP) is 4.29. The van der Waals surface area contributed by atoms with Crippen molar-refractivity contribution in [1.29, 1.82) is 5.26 Å². The molecular formula is C22H23F3N4O2. The Balaban J connectivity index is 1.65. The van der Waals surface area contributed by atoms with Gasteiger partial charge in [-0.3, -0.25) is 9.88 Å². The molecule has 0 aliphatic carbocycles. The highest BCUT2D eigenvalue weighted by Gasteiger charge is 2.34. The van der Waals surface area contributed by atoms with Gasteiger partial charge in [0.15, 0.2) is 5.75 Å². The maximum atomic E-state index is 13.2. The third-order valence-electron chi connectivity index (χ3n) is 5.58. The first-order valence-electron chi connectivity index (χ1n) is 9.83. The summed E-state index contributed by atoms with van der Waals surface area (Å²) in [5.74, 6) is 0.235. The van der Waals surface area contributed by atoms with Crippen molar-refractivity contribution in [2.75, 3.05) is 19.6 Å². The number of amides is 1. The van der Waals surface area contributed by atoms with Crippen molar-refractivity contribution in [3.8, 4) is 11.8 Å². The molecule has 6 nitrogen and oxygen atoms in total. The van der Waals surface area contributed by atoms with Crippen molar-refractivity contribution in [2.24, 2.45) is 0 Å². The van der Waals surface area contributed by atoms with Gasteiger partial charge in [0.25, 0.3) is 0 Å². The number of carbonyl (C=O) groups is 1. The van der Waals surface area contributed by atoms with Crippen LogP contribution >= 0.6 is 0 Å². The largest absolute Gasteiger partial charge is 0.416 e. The summed E-state index contributed by atoms with van der Waals surface area (Å²) >= 11 is 0. The second-order valence-corrected chi connectivity index (χ2v) is 7.65. The summed E-state index contributed by atoms with van der Waals surface area (Å²) in [7, 11) is 0. The molecule has 0 N–H and O–H groups in total. The SMILES string of the molecule is Cc1c(C#N)cncc1OC(=O)N1CCN(Cc2cccc(C(F)(F)F)c2C)C[C@H]1C. The molecule has 1 aliphatic heterocycles. The van der Waals surface area contributed by atoms with Crippen molar-refractivity contribution in [3.05, 3.63) is 58.4 Å². The van der Waals surface area contributed by atoms with Gasteiger partial charge < -0.3 is 9.64 Å². The third-order valence-corrected chi connectivity index (χ3v) is 5.58. The van der Waals surface area contributed by atoms with Crippen LogP contribution in [0.2, 0.25) is 0 Å². The molecule has 1 amide bonds. The zero-order chi connectivity index (χ0) is 22.8. The summed E-state index contributed by atoms with van der Waals surface area (Å²) in [4.78, 5) is 20.2. The third kappa shape index (κ3) is 4.97. The van der Waals surface area contributed by atoms with Gasteiger partial charge in [-0.2, -0.15) is 18.4 Å². The minimum absolute atomic E-state index is 0.195. The van der Waals surface area contributed by atoms with E-state index in [2.05, 4.69) is 4.98 Å². The van der Waals surface area contributed by atoms with Crippen LogP contribution in [0.15, 0.2) is 30.6 Å². The van der Waals surface area contributed by atoms with Crippen molar-refractivity contribution in [3.63, 3.8) is 0 Å². The number of nitrogens with zero attached hydrogens (tertiary/aromatic N) is 4. The number of nitriles is 1. The summed E-state index contributed by atoms with van der Waals surface area (Å²) in [6.45, 7) is 6.79. The van der Waals surface area contributed by atoms with Gasteiger partial charge in [0.2, 0.25) is 0 Å². The van der Waals surface area contributed by atoms with Crippen LogP contribution in [0.25, 0.3) is 0 Å². The Morgan fingerprint density at radius 1 is 1.26 bits per heavy atom. The molecule has 1 atom stereocenters. The Bertz CT molecular complexity index is 1020. The van der Waals surface area contributed by atoms with Crippen LogP contribution in [0, 0.1) is 25.2 Å². The number of rotatable bonds is 3. The topological polar surface area (TPSA) is 69.5 Å². The number of hydrogen-bond acceptors (Lipinski definition) is 5. The molecule has 1 aromatic heterocycles. The molecule has 0 unspecified atom stereocenters. The van der Waals surface area contributed by atoms with Crippen LogP contribution in [-0.4, -0.2) is 46.6 Å². The molecule has 164 valence electrons. The molecule has 1 saturated heterocycles. The van der Waals surface area contributed by atoms with Crippen LogP contribution in [-0.2, 0) is 12.7 Å². The first-order chi connectivity index (χ1) is 14.6. The average molecular weight is 432 g/mol. The highest BCUT2D eigenvalue weighted by Crippen LogP contribution is 2.33. The molecule has 0 bridgehead atoms. The summed E-state index contributed by atoms with van der Waals surface area (Å²) in [6, 6.07) is 6.02. The first kappa shape index (κ1) is 22.6. The molecule has 0 saturated carbocycles. The predicted molar refractivity (Wildman–Crippen MR) is 107 cm³/mol. The maximum absolute atomic E-state index is 13.2. The zero-order valence-electron chi connectivity index (χ0n) is 17.5. The van der Waals surface area contributed by atoms with Crippen molar-refractivity contribution >= 4 is 6.09 Å². The van der Waals surface area contributed by atoms with Crippen LogP contribution in [0.5, 0.6) is 5.75 Å². The minimum Gasteiger partial charge on any atom is -0.408 e. The van der Waals surface area contributed by atoms with E-state index in [0.717, 1.165) is 6.07 Å². The van der Waals surface area contributed by atoms with E-state index < -0.39 is 17.8 Å². The van der Waals surface area contributed by atoms with E-state index >= 15 is 0 Å². The van der Waals surface area contributed by atoms with E-state index in [9.17, 15) is 18.0 Å². The van der Waals surface area contributed by atoms with Gasteiger partial charge in [0.05, 0.1) is 17.3 Å². The Hall–Kier alpha value is -3.12. The molecule has 31 heavy (non-hydrogen) atoms. The normalized spacial score (nSPS) is 17.3. The first-order valence-corrected chi connectivity index (χ1v) is 9.83. The number of carbonyl (C=O) groups excluding carboxylic acids is 1. The van der Waals surface area contributed by atoms with E-state index in [-0.39, 0.29) is 17.4 Å². The molecule has 1 aromatic carbocycles. The van der Waals surface area contributed by atoms with Crippen molar-refractivity contribution in [2.45, 2.75) is 39.5 Å². The highest BCUT2D eigenvalue weighted by molar-refractivity contribution is 5.72. The fraction of sp³-hybridized carbons (Fsp3) is 0.409. The van der Waals surface area contributed by atoms with Crippen LogP contribution < -0.4 is 4.74 Å². The maximum Gasteiger partial charge on any atom is 0.416 e. The van der Waals surface area contributed by atoms with Crippen molar-refractivity contribution < 1.29 is 22.7 Å². The fourth-order valence-corrected chi connectivity index (χ4v) is 3.72. The van der Waals surface area contributed by atoms with Gasteiger partial charge in [0.1, 0.15) is 6.07 Å². The second kappa shape index (κ2) is 8.94. The fourth-order valence-electron chi connectivity index (χ4n) is 3.72. The standard InChI is InChI=1S/C22H23F3N4O2/c1-14-12-28(13-17-5-4-6-19(15(17)2)22(23,24)25)7-8-29(14)21(30)31-20-11-27-10-18(9-26)16(20)3/h4-6,10-11,14H,7-8,12-13H2,1-3H3/t14-/m1/s1. The summed E-state index contributed by atoms with van der Waals surface area (Å²) in [5, 5.41) is 9.09. The van der Waals surface area contributed by atoms with E-state index in [1.54, 1.807) is 17.9 Å². The molecule has 0 radical (unpaired) electrons. The Labute approximate surface area is 178 Å². The van der Waals surface area contributed by atoms with Crippen LogP contribution in [0.3, 0.4) is 0 Å². The van der Waals surface area contributed by atoms with Gasteiger partial charge in [-0.15, -0.1) is 0 Å². The van der Waals surface area contributed by atoms with Crippen LogP contribution in [0.4, 0.5) is 18.0 Å². The number of alkyl halides is 3. The lowest BCUT2D eigenvalue weighted by molar-refractivity contribution is -0.138. The Morgan fingerprint density at radius 2 is 2.00 bits per heavy atom. The summed E-state index contributed by atoms with van der Waals surface area (Å²) in [5.41, 5.74) is 1.10. The van der Waals surface area contributed by atoms with Gasteiger partial charge in [-0.25, -0.2) is 4.79 Å². The monoisotopic (exact) mass is 432 g/mol. The van der Waals surface area contributed by atoms with E-state index in [4.69, 9.17) is 10.00 Å². The van der Waals surface area contributed by atoms with Gasteiger partial charge in [-0.05, 0) is 38.0 Å². The average Bonchev–Trinajstić information content (AvgIpc) is 2.70. The van der Waals surface area contributed by atoms with E-state index in [1.807, 2.05) is 17.9 Å². The number of aromatic nitrogens is 1. The van der Waals surface area contributed by atoms with E-state index in [0.29, 0.717) is 42.9 Å². The highest BCUT2D eigenvalue weighted by atomic mass is 19.4. The Morgan fingerprint density at radius 3 is 2.65 bits per heavy atom. The lowest BCUT2D eigenvalue weighted by atomic mass is 10.0. The lowest BCUT2D eigenvalue weighted by Crippen LogP contribution is -2.54. The molecule has 2 heterocycles. The molecule has 9 heteroatoms. The van der Waals surface area contributed by atoms with Crippen molar-refractivity contribution in [1.82, 2.24) is 14.8 Å². The molecule has 0 spiro atoms. The number of pyridine rings is 1. The second-order valence-electron chi connectivity index (χ2n) is 7.65. The summed E-state index contributed by atoms with van der Waals surface area (Å²) in [6.07, 6.45) is -2.12. The number of halogens is 3. The molecular weight excluding hydrogens is 409 g/mol. The number of hydrogen-bond donors (Lipinski definition) is 0. The zero-order valence-corrected chi connectivity index (χ0v) is 17.5. The number of piperazine rings is 1. The smallest absolute Gasteiger partial charge is 0.408 e. The van der Waals surface area contributed by atoms with Gasteiger partial charge >= 0.3 is 12.3 Å². The number of ether oxygens (including phenoxy) is 1. The molecule has 3 rings (SSSR count). The molecule has 1 aliphatic rings. The molecule has 2 aromatic rings. The van der Waals surface area contributed by atoms with Crippen LogP contribution in [0.1, 0.15) is 34.7 Å². The van der Waals surface area contributed by atoms with Gasteiger partial charge in [0, 0.05) is 44.0 Å². The van der Waals surface area contributed by atoms with E-state index in [1.165, 1.54) is 25.4 Å². The molecule has 1 fully saturated rings. The minimum atomic E-state index is -4.38. The summed E-state index contributed by atoms with van der Waals surface area (Å²) < 4.78 is 45.0. The number of benzene rings is 1. The van der Waals surface area contributed by atoms with Gasteiger partial charge in [-0.1, -0.05) is 12.1 Å².